The van der Waals surface area contributed by atoms with Crippen LogP contribution in [0.4, 0.5) is 0 Å². The molecule has 76 valence electrons. The van der Waals surface area contributed by atoms with Crippen LogP contribution in [0.2, 0.25) is 0 Å². The maximum absolute atomic E-state index is 5.32. The molecule has 0 aliphatic heterocycles. The fraction of sp³-hybridized carbons (Fsp3) is 0.333. The number of ether oxygens (including phenoxy) is 2. The zero-order valence-corrected chi connectivity index (χ0v) is 9.13. The molecule has 0 aliphatic rings. The first-order valence-electron chi connectivity index (χ1n) is 4.58. The first-order chi connectivity index (χ1) is 6.74. The Balaban J connectivity index is 3.34. The average molecular weight is 192 g/mol. The Bertz CT molecular complexity index is 340. The van der Waals surface area contributed by atoms with Crippen LogP contribution in [-0.4, -0.2) is 14.2 Å². The van der Waals surface area contributed by atoms with Gasteiger partial charge in [-0.25, -0.2) is 0 Å². The average Bonchev–Trinajstić information content (AvgIpc) is 2.21. The second kappa shape index (κ2) is 4.70. The molecule has 0 bridgehead atoms. The van der Waals surface area contributed by atoms with Crippen LogP contribution in [0, 0.1) is 6.92 Å². The first-order valence-corrected chi connectivity index (χ1v) is 4.58. The monoisotopic (exact) mass is 192 g/mol. The SMILES string of the molecule is CC=Cc1c(C)ccc(OC)c1OC. The number of hydrogen-bond donors (Lipinski definition) is 0. The lowest BCUT2D eigenvalue weighted by atomic mass is 10.1. The fourth-order valence-corrected chi connectivity index (χ4v) is 1.42. The van der Waals surface area contributed by atoms with Crippen LogP contribution < -0.4 is 9.47 Å². The summed E-state index contributed by atoms with van der Waals surface area (Å²) < 4.78 is 10.5. The van der Waals surface area contributed by atoms with Crippen molar-refractivity contribution >= 4 is 6.08 Å². The van der Waals surface area contributed by atoms with Gasteiger partial charge in [-0.05, 0) is 25.5 Å². The summed E-state index contributed by atoms with van der Waals surface area (Å²) in [5, 5.41) is 0. The van der Waals surface area contributed by atoms with Crippen molar-refractivity contribution in [1.29, 1.82) is 0 Å². The van der Waals surface area contributed by atoms with Crippen molar-refractivity contribution < 1.29 is 9.47 Å². The molecule has 14 heavy (non-hydrogen) atoms. The number of rotatable bonds is 3. The predicted octanol–water partition coefficient (Wildman–Crippen LogP) is 3.05. The Hall–Kier alpha value is -1.44. The third-order valence-electron chi connectivity index (χ3n) is 2.14. The first kappa shape index (κ1) is 10.6. The van der Waals surface area contributed by atoms with E-state index in [4.69, 9.17) is 9.47 Å². The summed E-state index contributed by atoms with van der Waals surface area (Å²) in [5.74, 6) is 1.57. The van der Waals surface area contributed by atoms with Gasteiger partial charge in [-0.3, -0.25) is 0 Å². The predicted molar refractivity (Wildman–Crippen MR) is 59.0 cm³/mol. The summed E-state index contributed by atoms with van der Waals surface area (Å²) in [7, 11) is 3.30. The van der Waals surface area contributed by atoms with Gasteiger partial charge in [0, 0.05) is 5.56 Å². The molecule has 1 aromatic carbocycles. The molecule has 0 saturated carbocycles. The van der Waals surface area contributed by atoms with Crippen LogP contribution in [-0.2, 0) is 0 Å². The van der Waals surface area contributed by atoms with Crippen LogP contribution in [0.5, 0.6) is 11.5 Å². The van der Waals surface area contributed by atoms with Gasteiger partial charge in [0.15, 0.2) is 11.5 Å². The van der Waals surface area contributed by atoms with Crippen molar-refractivity contribution in [1.82, 2.24) is 0 Å². The Labute approximate surface area is 85.2 Å². The molecular weight excluding hydrogens is 176 g/mol. The van der Waals surface area contributed by atoms with E-state index in [2.05, 4.69) is 6.92 Å². The molecule has 0 saturated heterocycles. The summed E-state index contributed by atoms with van der Waals surface area (Å²) in [6.07, 6.45) is 4.01. The van der Waals surface area contributed by atoms with E-state index in [1.54, 1.807) is 14.2 Å². The standard InChI is InChI=1S/C12H16O2/c1-5-6-10-9(2)7-8-11(13-3)12(10)14-4/h5-8H,1-4H3. The van der Waals surface area contributed by atoms with Crippen molar-refractivity contribution in [3.63, 3.8) is 0 Å². The minimum Gasteiger partial charge on any atom is -0.493 e. The van der Waals surface area contributed by atoms with E-state index >= 15 is 0 Å². The van der Waals surface area contributed by atoms with Gasteiger partial charge in [-0.1, -0.05) is 18.2 Å². The van der Waals surface area contributed by atoms with E-state index in [-0.39, 0.29) is 0 Å². The van der Waals surface area contributed by atoms with Crippen molar-refractivity contribution in [2.45, 2.75) is 13.8 Å². The molecule has 0 fully saturated rings. The molecule has 0 spiro atoms. The zero-order chi connectivity index (χ0) is 10.6. The summed E-state index contributed by atoms with van der Waals surface area (Å²) >= 11 is 0. The second-order valence-corrected chi connectivity index (χ2v) is 3.03. The topological polar surface area (TPSA) is 18.5 Å². The van der Waals surface area contributed by atoms with Gasteiger partial charge in [0.25, 0.3) is 0 Å². The third-order valence-corrected chi connectivity index (χ3v) is 2.14. The number of benzene rings is 1. The molecule has 0 aliphatic carbocycles. The van der Waals surface area contributed by atoms with Gasteiger partial charge in [0.2, 0.25) is 0 Å². The van der Waals surface area contributed by atoms with Gasteiger partial charge >= 0.3 is 0 Å². The van der Waals surface area contributed by atoms with E-state index in [9.17, 15) is 0 Å². The maximum atomic E-state index is 5.32. The Kier molecular flexibility index (Phi) is 3.57. The molecule has 2 nitrogen and oxygen atoms in total. The highest BCUT2D eigenvalue weighted by atomic mass is 16.5. The summed E-state index contributed by atoms with van der Waals surface area (Å²) in [6, 6.07) is 3.94. The van der Waals surface area contributed by atoms with Crippen molar-refractivity contribution in [3.8, 4) is 11.5 Å². The van der Waals surface area contributed by atoms with Gasteiger partial charge in [-0.2, -0.15) is 0 Å². The molecule has 1 rings (SSSR count). The molecule has 2 heteroatoms. The van der Waals surface area contributed by atoms with Gasteiger partial charge < -0.3 is 9.47 Å². The summed E-state index contributed by atoms with van der Waals surface area (Å²) in [6.45, 7) is 4.04. The number of allylic oxidation sites excluding steroid dienone is 1. The van der Waals surface area contributed by atoms with E-state index in [1.165, 1.54) is 5.56 Å². The Morgan fingerprint density at radius 2 is 1.86 bits per heavy atom. The summed E-state index contributed by atoms with van der Waals surface area (Å²) in [5.41, 5.74) is 2.26. The molecule has 0 aromatic heterocycles. The van der Waals surface area contributed by atoms with E-state index in [1.807, 2.05) is 31.2 Å². The highest BCUT2D eigenvalue weighted by Gasteiger charge is 2.09. The highest BCUT2D eigenvalue weighted by Crippen LogP contribution is 2.33. The largest absolute Gasteiger partial charge is 0.493 e. The number of hydrogen-bond acceptors (Lipinski definition) is 2. The smallest absolute Gasteiger partial charge is 0.168 e. The summed E-state index contributed by atoms with van der Waals surface area (Å²) in [4.78, 5) is 0. The van der Waals surface area contributed by atoms with Gasteiger partial charge in [-0.15, -0.1) is 0 Å². The molecule has 0 heterocycles. The lowest BCUT2D eigenvalue weighted by Gasteiger charge is -2.12. The zero-order valence-electron chi connectivity index (χ0n) is 9.13. The van der Waals surface area contributed by atoms with E-state index < -0.39 is 0 Å². The van der Waals surface area contributed by atoms with Crippen LogP contribution in [0.3, 0.4) is 0 Å². The van der Waals surface area contributed by atoms with Gasteiger partial charge in [0.1, 0.15) is 0 Å². The fourth-order valence-electron chi connectivity index (χ4n) is 1.42. The molecule has 0 radical (unpaired) electrons. The normalized spacial score (nSPS) is 10.6. The maximum Gasteiger partial charge on any atom is 0.168 e. The molecule has 0 N–H and O–H groups in total. The van der Waals surface area contributed by atoms with Crippen LogP contribution in [0.15, 0.2) is 18.2 Å². The highest BCUT2D eigenvalue weighted by molar-refractivity contribution is 5.65. The van der Waals surface area contributed by atoms with E-state index in [0.29, 0.717) is 0 Å². The number of aryl methyl sites for hydroxylation is 1. The van der Waals surface area contributed by atoms with E-state index in [0.717, 1.165) is 17.1 Å². The van der Waals surface area contributed by atoms with Crippen LogP contribution >= 0.6 is 0 Å². The minimum atomic E-state index is 0.770. The van der Waals surface area contributed by atoms with Crippen LogP contribution in [0.25, 0.3) is 6.08 Å². The minimum absolute atomic E-state index is 0.770. The van der Waals surface area contributed by atoms with Crippen molar-refractivity contribution in [2.75, 3.05) is 14.2 Å². The van der Waals surface area contributed by atoms with Crippen LogP contribution in [0.1, 0.15) is 18.1 Å². The molecule has 0 amide bonds. The quantitative estimate of drug-likeness (QED) is 0.732. The molecular formula is C12H16O2. The molecule has 0 atom stereocenters. The Morgan fingerprint density at radius 1 is 1.14 bits per heavy atom. The lowest BCUT2D eigenvalue weighted by Crippen LogP contribution is -1.94. The molecule has 1 aromatic rings. The molecule has 0 unspecified atom stereocenters. The Morgan fingerprint density at radius 3 is 2.36 bits per heavy atom. The van der Waals surface area contributed by atoms with Gasteiger partial charge in [0.05, 0.1) is 14.2 Å². The van der Waals surface area contributed by atoms with Crippen molar-refractivity contribution in [2.24, 2.45) is 0 Å². The van der Waals surface area contributed by atoms with Crippen molar-refractivity contribution in [3.05, 3.63) is 29.3 Å². The second-order valence-electron chi connectivity index (χ2n) is 3.03. The lowest BCUT2D eigenvalue weighted by molar-refractivity contribution is 0.354. The third kappa shape index (κ3) is 1.90. The number of methoxy groups -OCH3 is 2.